The summed E-state index contributed by atoms with van der Waals surface area (Å²) >= 11 is 12.2. The van der Waals surface area contributed by atoms with Crippen molar-refractivity contribution in [1.82, 2.24) is 9.29 Å². The summed E-state index contributed by atoms with van der Waals surface area (Å²) in [6.45, 7) is 5.13. The smallest absolute Gasteiger partial charge is 0.246 e. The summed E-state index contributed by atoms with van der Waals surface area (Å²) in [5.74, 6) is 0. The number of hydrogen-bond donors (Lipinski definition) is 0. The molecule has 1 saturated heterocycles. The number of pyridine rings is 1. The van der Waals surface area contributed by atoms with Gasteiger partial charge in [0.1, 0.15) is 11.0 Å². The summed E-state index contributed by atoms with van der Waals surface area (Å²) in [6, 6.07) is 8.70. The van der Waals surface area contributed by atoms with Gasteiger partial charge in [0.15, 0.2) is 0 Å². The van der Waals surface area contributed by atoms with Crippen LogP contribution in [0.15, 0.2) is 29.2 Å². The van der Waals surface area contributed by atoms with Gasteiger partial charge >= 0.3 is 0 Å². The number of halogens is 2. The predicted molar refractivity (Wildman–Crippen MR) is 106 cm³/mol. The van der Waals surface area contributed by atoms with Crippen molar-refractivity contribution in [3.63, 3.8) is 0 Å². The lowest BCUT2D eigenvalue weighted by molar-refractivity contribution is 0.385. The van der Waals surface area contributed by atoms with Gasteiger partial charge in [-0.25, -0.2) is 8.42 Å². The van der Waals surface area contributed by atoms with Gasteiger partial charge in [-0.1, -0.05) is 29.3 Å². The van der Waals surface area contributed by atoms with Crippen molar-refractivity contribution in [2.75, 3.05) is 31.1 Å². The Morgan fingerprint density at radius 1 is 1.11 bits per heavy atom. The van der Waals surface area contributed by atoms with Crippen molar-refractivity contribution in [2.45, 2.75) is 18.7 Å². The molecule has 1 aromatic heterocycles. The van der Waals surface area contributed by atoms with E-state index in [0.717, 1.165) is 11.4 Å². The van der Waals surface area contributed by atoms with Gasteiger partial charge in [0.2, 0.25) is 10.0 Å². The van der Waals surface area contributed by atoms with Gasteiger partial charge in [-0.05, 0) is 32.0 Å². The number of anilines is 1. The third kappa shape index (κ3) is 3.76. The van der Waals surface area contributed by atoms with E-state index in [1.165, 1.54) is 16.4 Å². The number of sulfonamides is 1. The van der Waals surface area contributed by atoms with E-state index in [1.807, 2.05) is 17.9 Å². The minimum atomic E-state index is -3.80. The maximum absolute atomic E-state index is 13.0. The second kappa shape index (κ2) is 7.64. The number of rotatable bonds is 3. The van der Waals surface area contributed by atoms with Gasteiger partial charge < -0.3 is 4.90 Å². The topological polar surface area (TPSA) is 77.3 Å². The van der Waals surface area contributed by atoms with Crippen LogP contribution in [0.2, 0.25) is 10.0 Å². The Morgan fingerprint density at radius 2 is 1.70 bits per heavy atom. The largest absolute Gasteiger partial charge is 0.368 e. The Labute approximate surface area is 169 Å². The molecule has 0 bridgehead atoms. The quantitative estimate of drug-likeness (QED) is 0.754. The zero-order valence-corrected chi connectivity index (χ0v) is 17.2. The summed E-state index contributed by atoms with van der Waals surface area (Å²) in [7, 11) is -3.80. The molecule has 27 heavy (non-hydrogen) atoms. The van der Waals surface area contributed by atoms with Crippen molar-refractivity contribution >= 4 is 38.9 Å². The Morgan fingerprint density at radius 3 is 2.26 bits per heavy atom. The molecule has 0 amide bonds. The maximum Gasteiger partial charge on any atom is 0.246 e. The first-order valence-corrected chi connectivity index (χ1v) is 10.5. The number of benzene rings is 1. The van der Waals surface area contributed by atoms with Crippen molar-refractivity contribution in [3.8, 4) is 6.07 Å². The van der Waals surface area contributed by atoms with E-state index in [9.17, 15) is 13.7 Å². The van der Waals surface area contributed by atoms with E-state index >= 15 is 0 Å². The molecule has 0 atom stereocenters. The molecule has 1 aliphatic heterocycles. The third-order valence-corrected chi connectivity index (χ3v) is 7.37. The Bertz CT molecular complexity index is 1010. The molecular weight excluding hydrogens is 407 g/mol. The number of hydrogen-bond acceptors (Lipinski definition) is 5. The minimum Gasteiger partial charge on any atom is -0.368 e. The zero-order chi connectivity index (χ0) is 19.8. The molecule has 0 saturated carbocycles. The van der Waals surface area contributed by atoms with Crippen molar-refractivity contribution in [2.24, 2.45) is 0 Å². The van der Waals surface area contributed by atoms with E-state index in [1.54, 1.807) is 13.0 Å². The van der Waals surface area contributed by atoms with Gasteiger partial charge in [0, 0.05) is 31.9 Å². The molecule has 0 unspecified atom stereocenters. The van der Waals surface area contributed by atoms with E-state index in [-0.39, 0.29) is 28.0 Å². The van der Waals surface area contributed by atoms with Gasteiger partial charge in [0.25, 0.3) is 0 Å². The molecule has 1 aliphatic rings. The number of aryl methyl sites for hydroxylation is 2. The highest BCUT2D eigenvalue weighted by Gasteiger charge is 2.32. The molecule has 3 rings (SSSR count). The van der Waals surface area contributed by atoms with Crippen molar-refractivity contribution in [1.29, 1.82) is 5.26 Å². The van der Waals surface area contributed by atoms with Crippen LogP contribution in [-0.2, 0) is 10.0 Å². The lowest BCUT2D eigenvalue weighted by Gasteiger charge is -2.36. The average molecular weight is 425 g/mol. The van der Waals surface area contributed by atoms with Gasteiger partial charge in [0.05, 0.1) is 27.0 Å². The van der Waals surface area contributed by atoms with E-state index < -0.39 is 10.0 Å². The SMILES string of the molecule is Cc1cc(N2CCN(S(=O)(=O)c3c(Cl)cccc3Cl)CC2)c(C#N)c(C)n1. The summed E-state index contributed by atoms with van der Waals surface area (Å²) in [5.41, 5.74) is 2.80. The fourth-order valence-electron chi connectivity index (χ4n) is 3.22. The summed E-state index contributed by atoms with van der Waals surface area (Å²) in [5, 5.41) is 9.68. The number of nitriles is 1. The highest BCUT2D eigenvalue weighted by atomic mass is 35.5. The first-order valence-electron chi connectivity index (χ1n) is 8.33. The van der Waals surface area contributed by atoms with Crippen LogP contribution in [0.3, 0.4) is 0 Å². The average Bonchev–Trinajstić information content (AvgIpc) is 2.61. The molecular formula is C18H18Cl2N4O2S. The number of aromatic nitrogens is 1. The lowest BCUT2D eigenvalue weighted by atomic mass is 10.1. The van der Waals surface area contributed by atoms with E-state index in [4.69, 9.17) is 23.2 Å². The van der Waals surface area contributed by atoms with Gasteiger partial charge in [-0.15, -0.1) is 0 Å². The molecule has 0 spiro atoms. The second-order valence-electron chi connectivity index (χ2n) is 6.30. The Hall–Kier alpha value is -1.85. The number of nitrogens with zero attached hydrogens (tertiary/aromatic N) is 4. The monoisotopic (exact) mass is 424 g/mol. The molecule has 1 fully saturated rings. The van der Waals surface area contributed by atoms with Crippen LogP contribution in [0.25, 0.3) is 0 Å². The van der Waals surface area contributed by atoms with Crippen LogP contribution in [0.5, 0.6) is 0 Å². The standard InChI is InChI=1S/C18H18Cl2N4O2S/c1-12-10-17(14(11-21)13(2)22-12)23-6-8-24(9-7-23)27(25,26)18-15(19)4-3-5-16(18)20/h3-5,10H,6-9H2,1-2H3. The highest BCUT2D eigenvalue weighted by Crippen LogP contribution is 2.32. The van der Waals surface area contributed by atoms with Crippen LogP contribution in [-0.4, -0.2) is 43.9 Å². The van der Waals surface area contributed by atoms with Crippen LogP contribution < -0.4 is 4.90 Å². The van der Waals surface area contributed by atoms with Crippen LogP contribution in [0.1, 0.15) is 17.0 Å². The predicted octanol–water partition coefficient (Wildman–Crippen LogP) is 3.39. The Balaban J connectivity index is 1.85. The molecule has 2 aromatic rings. The highest BCUT2D eigenvalue weighted by molar-refractivity contribution is 7.89. The third-order valence-electron chi connectivity index (χ3n) is 4.52. The van der Waals surface area contributed by atoms with Crippen LogP contribution in [0.4, 0.5) is 5.69 Å². The van der Waals surface area contributed by atoms with Gasteiger partial charge in [-0.3, -0.25) is 4.98 Å². The molecule has 9 heteroatoms. The maximum atomic E-state index is 13.0. The first-order chi connectivity index (χ1) is 12.8. The van der Waals surface area contributed by atoms with Crippen molar-refractivity contribution < 1.29 is 8.42 Å². The van der Waals surface area contributed by atoms with Crippen LogP contribution in [0, 0.1) is 25.2 Å². The molecule has 142 valence electrons. The van der Waals surface area contributed by atoms with E-state index in [0.29, 0.717) is 24.3 Å². The zero-order valence-electron chi connectivity index (χ0n) is 14.9. The minimum absolute atomic E-state index is 0.0601. The molecule has 0 radical (unpaired) electrons. The Kier molecular flexibility index (Phi) is 5.63. The molecule has 6 nitrogen and oxygen atoms in total. The first kappa shape index (κ1) is 19.9. The van der Waals surface area contributed by atoms with E-state index in [2.05, 4.69) is 11.1 Å². The second-order valence-corrected chi connectivity index (χ2v) is 8.99. The normalized spacial score (nSPS) is 15.6. The fraction of sp³-hybridized carbons (Fsp3) is 0.333. The van der Waals surface area contributed by atoms with Gasteiger partial charge in [-0.2, -0.15) is 9.57 Å². The summed E-state index contributed by atoms with van der Waals surface area (Å²) in [4.78, 5) is 6.28. The summed E-state index contributed by atoms with van der Waals surface area (Å²) < 4.78 is 27.3. The fourth-order valence-corrected chi connectivity index (χ4v) is 5.74. The van der Waals surface area contributed by atoms with Crippen LogP contribution >= 0.6 is 23.2 Å². The molecule has 0 N–H and O–H groups in total. The number of piperazine rings is 1. The molecule has 0 aliphatic carbocycles. The molecule has 1 aromatic carbocycles. The molecule has 2 heterocycles. The summed E-state index contributed by atoms with van der Waals surface area (Å²) in [6.07, 6.45) is 0. The van der Waals surface area contributed by atoms with Crippen molar-refractivity contribution in [3.05, 3.63) is 51.3 Å². The lowest BCUT2D eigenvalue weighted by Crippen LogP contribution is -2.49.